The van der Waals surface area contributed by atoms with Crippen molar-refractivity contribution in [3.63, 3.8) is 0 Å². The molecule has 3 rings (SSSR count). The van der Waals surface area contributed by atoms with Crippen molar-refractivity contribution >= 4 is 41.8 Å². The van der Waals surface area contributed by atoms with Gasteiger partial charge in [0.05, 0.1) is 0 Å². The number of rotatable bonds is 7. The average molecular weight is 532 g/mol. The monoisotopic (exact) mass is 531 g/mol. The number of benzene rings is 2. The van der Waals surface area contributed by atoms with E-state index in [2.05, 4.69) is 92.8 Å². The van der Waals surface area contributed by atoms with E-state index in [9.17, 15) is 0 Å². The first-order valence-corrected chi connectivity index (χ1v) is 20.1. The standard InChI is InChI=1S/C14H11.C6H15OSi.C4H10N.CH3.CH2.2ClH.Ti/c1-10-6-7-14-12(8-10)9-11-4-2-3-5-13(11)14;1-5-6-7-8(2,3)4;1-4(2,3)5;;;;;/h2-7H,9H2,1H3;1,5-6H2,2-4H3;5H,1-3H3;1H3;1H2;2*1H;/q;;-1;;;;;+1. The zero-order valence-corrected chi connectivity index (χ0v) is 25.4. The second-order valence-corrected chi connectivity index (χ2v) is 25.5. The predicted molar refractivity (Wildman–Crippen MR) is 148 cm³/mol. The second kappa shape index (κ2) is 10.2. The SMILES string of the molecule is Cl.Cl.[CH2]=[Ti]([CH3])([CH2]CCO[Si](C)(C)C)([NH]C(C)(C)C)[c]1c(C)ccc2c1Cc1ccccc1-2. The summed E-state index contributed by atoms with van der Waals surface area (Å²) < 4.78 is 13.1. The third-order valence-corrected chi connectivity index (χ3v) is 15.6. The molecule has 0 heterocycles. The minimum atomic E-state index is -3.53. The summed E-state index contributed by atoms with van der Waals surface area (Å²) >= 11 is -3.53. The van der Waals surface area contributed by atoms with Gasteiger partial charge in [-0.2, -0.15) is 0 Å². The third kappa shape index (κ3) is 6.66. The van der Waals surface area contributed by atoms with Crippen LogP contribution in [0.3, 0.4) is 0 Å². The summed E-state index contributed by atoms with van der Waals surface area (Å²) in [6, 6.07) is 13.6. The van der Waals surface area contributed by atoms with Gasteiger partial charge in [0, 0.05) is 0 Å². The zero-order valence-electron chi connectivity index (χ0n) is 21.2. The molecular formula is C26H43Cl2NOSiTi. The Morgan fingerprint density at radius 3 is 2.25 bits per heavy atom. The minimum absolute atomic E-state index is 0. The summed E-state index contributed by atoms with van der Waals surface area (Å²) in [5, 5.41) is 2.50. The van der Waals surface area contributed by atoms with Crippen LogP contribution in [0, 0.1) is 6.92 Å². The van der Waals surface area contributed by atoms with Crippen molar-refractivity contribution < 1.29 is 19.5 Å². The van der Waals surface area contributed by atoms with E-state index in [0.29, 0.717) is 0 Å². The maximum atomic E-state index is 6.22. The van der Waals surface area contributed by atoms with E-state index in [4.69, 9.17) is 9.24 Å². The van der Waals surface area contributed by atoms with Gasteiger partial charge < -0.3 is 0 Å². The van der Waals surface area contributed by atoms with Gasteiger partial charge in [0.15, 0.2) is 0 Å². The molecule has 1 aliphatic rings. The molecule has 0 aromatic heterocycles. The van der Waals surface area contributed by atoms with Crippen LogP contribution in [0.4, 0.5) is 0 Å². The number of fused-ring (bicyclic) bond motifs is 3. The van der Waals surface area contributed by atoms with E-state index in [-0.39, 0.29) is 30.4 Å². The van der Waals surface area contributed by atoms with Crippen molar-refractivity contribution in [1.82, 2.24) is 3.80 Å². The Morgan fingerprint density at radius 2 is 1.66 bits per heavy atom. The molecule has 0 fully saturated rings. The molecule has 32 heavy (non-hydrogen) atoms. The molecular weight excluding hydrogens is 489 g/mol. The molecule has 1 aliphatic carbocycles. The van der Waals surface area contributed by atoms with Crippen LogP contribution >= 0.6 is 24.8 Å². The van der Waals surface area contributed by atoms with E-state index in [0.717, 1.165) is 24.2 Å². The van der Waals surface area contributed by atoms with Gasteiger partial charge in [-0.25, -0.2) is 0 Å². The normalized spacial score (nSPS) is 13.7. The third-order valence-electron chi connectivity index (χ3n) is 6.20. The Balaban J connectivity index is 0.00000256. The van der Waals surface area contributed by atoms with Crippen LogP contribution in [-0.4, -0.2) is 25.3 Å². The van der Waals surface area contributed by atoms with E-state index >= 15 is 0 Å². The Morgan fingerprint density at radius 1 is 1.03 bits per heavy atom. The molecule has 0 atom stereocenters. The van der Waals surface area contributed by atoms with Crippen molar-refractivity contribution in [1.29, 1.82) is 0 Å². The van der Waals surface area contributed by atoms with Gasteiger partial charge in [-0.15, -0.1) is 24.8 Å². The Bertz CT molecular complexity index is 1020. The van der Waals surface area contributed by atoms with Crippen molar-refractivity contribution in [2.75, 3.05) is 6.61 Å². The summed E-state index contributed by atoms with van der Waals surface area (Å²) in [5.41, 5.74) is 7.22. The fourth-order valence-corrected chi connectivity index (χ4v) is 15.9. The topological polar surface area (TPSA) is 21.3 Å². The molecule has 0 saturated carbocycles. The van der Waals surface area contributed by atoms with Gasteiger partial charge in [0.25, 0.3) is 0 Å². The molecule has 2 aromatic rings. The summed E-state index contributed by atoms with van der Waals surface area (Å²) in [7, 11) is -1.49. The first-order chi connectivity index (χ1) is 13.7. The summed E-state index contributed by atoms with van der Waals surface area (Å²) in [5.74, 6) is 0. The molecule has 0 unspecified atom stereocenters. The Hall–Kier alpha value is -0.259. The van der Waals surface area contributed by atoms with E-state index < -0.39 is 23.4 Å². The molecule has 0 saturated heterocycles. The molecule has 180 valence electrons. The molecule has 0 bridgehead atoms. The molecule has 2 nitrogen and oxygen atoms in total. The molecule has 0 radical (unpaired) electrons. The first-order valence-electron chi connectivity index (χ1n) is 11.4. The summed E-state index contributed by atoms with van der Waals surface area (Å²) in [6.07, 6.45) is 2.10. The molecule has 2 aromatic carbocycles. The van der Waals surface area contributed by atoms with Crippen molar-refractivity contribution in [3.05, 3.63) is 53.1 Å². The van der Waals surface area contributed by atoms with Crippen LogP contribution in [0.5, 0.6) is 0 Å². The molecule has 0 aliphatic heterocycles. The van der Waals surface area contributed by atoms with Crippen LogP contribution in [0.15, 0.2) is 36.4 Å². The van der Waals surface area contributed by atoms with Crippen LogP contribution in [0.1, 0.15) is 43.9 Å². The van der Waals surface area contributed by atoms with Gasteiger partial charge in [0.1, 0.15) is 0 Å². The van der Waals surface area contributed by atoms with Crippen LogP contribution in [0.2, 0.25) is 29.6 Å². The molecule has 1 N–H and O–H groups in total. The van der Waals surface area contributed by atoms with Gasteiger partial charge >= 0.3 is 187 Å². The number of hydrogen-bond acceptors (Lipinski definition) is 2. The maximum absolute atomic E-state index is 6.22. The van der Waals surface area contributed by atoms with Crippen molar-refractivity contribution in [2.45, 2.75) is 75.7 Å². The van der Waals surface area contributed by atoms with Crippen LogP contribution in [0.25, 0.3) is 11.1 Å². The number of nitrogens with one attached hydrogen (secondary N) is 1. The molecule has 0 amide bonds. The van der Waals surface area contributed by atoms with Crippen molar-refractivity contribution in [3.8, 4) is 11.1 Å². The van der Waals surface area contributed by atoms with E-state index in [1.807, 2.05) is 0 Å². The Kier molecular flexibility index (Phi) is 9.45. The number of halogens is 2. The molecule has 6 heteroatoms. The second-order valence-electron chi connectivity index (χ2n) is 11.8. The van der Waals surface area contributed by atoms with Crippen LogP contribution in [-0.2, 0) is 25.9 Å². The average Bonchev–Trinajstić information content (AvgIpc) is 2.94. The zero-order chi connectivity index (χ0) is 22.4. The quantitative estimate of drug-likeness (QED) is 0.257. The molecule has 0 spiro atoms. The first kappa shape index (κ1) is 29.8. The van der Waals surface area contributed by atoms with Gasteiger partial charge in [-0.05, 0) is 0 Å². The van der Waals surface area contributed by atoms with E-state index in [1.54, 1.807) is 3.87 Å². The fraction of sp³-hybridized carbons (Fsp3) is 0.500. The number of hydrogen-bond donors (Lipinski definition) is 1. The van der Waals surface area contributed by atoms with E-state index in [1.165, 1.54) is 27.8 Å². The van der Waals surface area contributed by atoms with Gasteiger partial charge in [-0.1, -0.05) is 0 Å². The fourth-order valence-electron chi connectivity index (χ4n) is 5.61. The van der Waals surface area contributed by atoms with Gasteiger partial charge in [0.2, 0.25) is 0 Å². The number of aryl methyl sites for hydroxylation is 1. The summed E-state index contributed by atoms with van der Waals surface area (Å²) in [6.45, 7) is 16.8. The van der Waals surface area contributed by atoms with Crippen molar-refractivity contribution in [2.24, 2.45) is 0 Å². The van der Waals surface area contributed by atoms with Gasteiger partial charge in [-0.3, -0.25) is 0 Å². The summed E-state index contributed by atoms with van der Waals surface area (Å²) in [4.78, 5) is 5.13. The Labute approximate surface area is 210 Å². The van der Waals surface area contributed by atoms with Crippen LogP contribution < -0.4 is 7.67 Å². The predicted octanol–water partition coefficient (Wildman–Crippen LogP) is 7.17.